The molecule has 6 nitrogen and oxygen atoms in total. The molecule has 24 heavy (non-hydrogen) atoms. The minimum absolute atomic E-state index is 0.0681. The summed E-state index contributed by atoms with van der Waals surface area (Å²) in [5.74, 6) is 0.748. The molecule has 0 saturated carbocycles. The Morgan fingerprint density at radius 2 is 2.08 bits per heavy atom. The van der Waals surface area contributed by atoms with Crippen molar-refractivity contribution >= 4 is 11.9 Å². The fourth-order valence-electron chi connectivity index (χ4n) is 2.72. The van der Waals surface area contributed by atoms with Gasteiger partial charge in [0.05, 0.1) is 0 Å². The van der Waals surface area contributed by atoms with Crippen molar-refractivity contribution in [3.63, 3.8) is 0 Å². The van der Waals surface area contributed by atoms with Crippen molar-refractivity contribution in [1.29, 1.82) is 0 Å². The lowest BCUT2D eigenvalue weighted by Crippen LogP contribution is -2.40. The van der Waals surface area contributed by atoms with Crippen molar-refractivity contribution in [1.82, 2.24) is 15.5 Å². The summed E-state index contributed by atoms with van der Waals surface area (Å²) in [5, 5.41) is 6.38. The van der Waals surface area contributed by atoms with Crippen molar-refractivity contribution in [2.75, 3.05) is 39.9 Å². The van der Waals surface area contributed by atoms with Crippen LogP contribution in [-0.4, -0.2) is 56.7 Å². The maximum Gasteiger partial charge on any atom is 0.244 e. The van der Waals surface area contributed by atoms with E-state index in [1.54, 1.807) is 7.11 Å². The first-order valence-electron chi connectivity index (χ1n) is 8.60. The summed E-state index contributed by atoms with van der Waals surface area (Å²) in [5.41, 5.74) is 2.59. The Morgan fingerprint density at radius 1 is 1.29 bits per heavy atom. The predicted octanol–water partition coefficient (Wildman–Crippen LogP) is 1.16. The number of nitrogens with one attached hydrogen (secondary N) is 2. The summed E-state index contributed by atoms with van der Waals surface area (Å²) >= 11 is 0. The zero-order chi connectivity index (χ0) is 17.2. The third kappa shape index (κ3) is 5.53. The van der Waals surface area contributed by atoms with E-state index < -0.39 is 0 Å². The highest BCUT2D eigenvalue weighted by Gasteiger charge is 2.19. The number of carbonyl (C=O) groups is 1. The summed E-state index contributed by atoms with van der Waals surface area (Å²) in [4.78, 5) is 18.7. The van der Waals surface area contributed by atoms with E-state index >= 15 is 0 Å². The van der Waals surface area contributed by atoms with E-state index in [-0.39, 0.29) is 12.5 Å². The highest BCUT2D eigenvalue weighted by molar-refractivity contribution is 5.85. The second kappa shape index (κ2) is 9.93. The van der Waals surface area contributed by atoms with Gasteiger partial charge in [0, 0.05) is 39.9 Å². The van der Waals surface area contributed by atoms with Crippen molar-refractivity contribution in [3.8, 4) is 0 Å². The molecule has 0 atom stereocenters. The smallest absolute Gasteiger partial charge is 0.244 e. The Hall–Kier alpha value is -2.08. The molecule has 1 heterocycles. The number of rotatable bonds is 7. The van der Waals surface area contributed by atoms with Gasteiger partial charge in [-0.2, -0.15) is 0 Å². The highest BCUT2D eigenvalue weighted by atomic mass is 16.5. The van der Waals surface area contributed by atoms with E-state index in [1.807, 2.05) is 17.9 Å². The van der Waals surface area contributed by atoms with Gasteiger partial charge >= 0.3 is 0 Å². The topological polar surface area (TPSA) is 66.0 Å². The first-order chi connectivity index (χ1) is 11.7. The van der Waals surface area contributed by atoms with Gasteiger partial charge in [-0.25, -0.2) is 4.99 Å². The number of nitrogens with zero attached hydrogens (tertiary/aromatic N) is 2. The van der Waals surface area contributed by atoms with Crippen molar-refractivity contribution in [2.24, 2.45) is 4.99 Å². The number of amides is 1. The molecule has 0 saturated heterocycles. The third-order valence-corrected chi connectivity index (χ3v) is 4.02. The fraction of sp³-hybridized carbons (Fsp3) is 0.556. The van der Waals surface area contributed by atoms with E-state index in [0.29, 0.717) is 19.1 Å². The van der Waals surface area contributed by atoms with Gasteiger partial charge in [-0.05, 0) is 30.9 Å². The number of hydrogen-bond acceptors (Lipinski definition) is 3. The van der Waals surface area contributed by atoms with Gasteiger partial charge in [-0.3, -0.25) is 4.79 Å². The molecular formula is C18H28N4O2. The second-order valence-electron chi connectivity index (χ2n) is 5.80. The average Bonchev–Trinajstić information content (AvgIpc) is 2.62. The van der Waals surface area contributed by atoms with Crippen LogP contribution in [0.1, 0.15) is 24.5 Å². The molecule has 1 aliphatic heterocycles. The maximum absolute atomic E-state index is 12.4. The fourth-order valence-corrected chi connectivity index (χ4v) is 2.72. The molecule has 0 aliphatic carbocycles. The first kappa shape index (κ1) is 18.3. The summed E-state index contributed by atoms with van der Waals surface area (Å²) in [6.07, 6.45) is 1.82. The van der Waals surface area contributed by atoms with Crippen molar-refractivity contribution in [2.45, 2.75) is 26.3 Å². The quantitative estimate of drug-likeness (QED) is 0.447. The molecule has 2 N–H and O–H groups in total. The molecule has 0 unspecified atom stereocenters. The molecule has 1 amide bonds. The van der Waals surface area contributed by atoms with Crippen LogP contribution in [0.25, 0.3) is 0 Å². The van der Waals surface area contributed by atoms with Crippen LogP contribution in [0.3, 0.4) is 0 Å². The monoisotopic (exact) mass is 332 g/mol. The SMILES string of the molecule is CCNC(=NCC(=O)N1CCc2ccccc2C1)NCCCOC. The molecule has 1 aromatic rings. The minimum Gasteiger partial charge on any atom is -0.385 e. The molecule has 0 radical (unpaired) electrons. The van der Waals surface area contributed by atoms with E-state index in [0.717, 1.165) is 32.5 Å². The van der Waals surface area contributed by atoms with Crippen LogP contribution in [-0.2, 0) is 22.5 Å². The zero-order valence-corrected chi connectivity index (χ0v) is 14.7. The second-order valence-corrected chi connectivity index (χ2v) is 5.80. The Balaban J connectivity index is 1.85. The molecule has 0 fully saturated rings. The van der Waals surface area contributed by atoms with Crippen LogP contribution >= 0.6 is 0 Å². The standard InChI is InChI=1S/C18H28N4O2/c1-3-19-18(20-10-6-12-24-2)21-13-17(23)22-11-9-15-7-4-5-8-16(15)14-22/h4-5,7-8H,3,6,9-14H2,1-2H3,(H2,19,20,21). The number of hydrogen-bond donors (Lipinski definition) is 2. The van der Waals surface area contributed by atoms with Gasteiger partial charge in [-0.1, -0.05) is 24.3 Å². The lowest BCUT2D eigenvalue weighted by atomic mass is 10.00. The number of benzene rings is 1. The Bertz CT molecular complexity index is 560. The van der Waals surface area contributed by atoms with E-state index in [1.165, 1.54) is 11.1 Å². The summed E-state index contributed by atoms with van der Waals surface area (Å²) in [6.45, 7) is 5.87. The molecule has 0 spiro atoms. The Morgan fingerprint density at radius 3 is 2.83 bits per heavy atom. The van der Waals surface area contributed by atoms with E-state index in [2.05, 4.69) is 33.8 Å². The predicted molar refractivity (Wildman–Crippen MR) is 96.0 cm³/mol. The van der Waals surface area contributed by atoms with E-state index in [4.69, 9.17) is 4.74 Å². The van der Waals surface area contributed by atoms with Gasteiger partial charge < -0.3 is 20.3 Å². The van der Waals surface area contributed by atoms with E-state index in [9.17, 15) is 4.79 Å². The summed E-state index contributed by atoms with van der Waals surface area (Å²) < 4.78 is 5.03. The molecule has 6 heteroatoms. The number of ether oxygens (including phenoxy) is 1. The number of aliphatic imine (C=N–C) groups is 1. The zero-order valence-electron chi connectivity index (χ0n) is 14.7. The summed E-state index contributed by atoms with van der Waals surface area (Å²) in [6, 6.07) is 8.32. The Labute approximate surface area is 144 Å². The number of carbonyl (C=O) groups excluding carboxylic acids is 1. The molecule has 1 aliphatic rings. The normalized spacial score (nSPS) is 14.2. The van der Waals surface area contributed by atoms with Crippen molar-refractivity contribution < 1.29 is 9.53 Å². The number of methoxy groups -OCH3 is 1. The average molecular weight is 332 g/mol. The van der Waals surface area contributed by atoms with Crippen LogP contribution in [0, 0.1) is 0 Å². The molecular weight excluding hydrogens is 304 g/mol. The Kier molecular flexibility index (Phi) is 7.55. The molecule has 2 rings (SSSR count). The highest BCUT2D eigenvalue weighted by Crippen LogP contribution is 2.18. The van der Waals surface area contributed by atoms with Crippen LogP contribution < -0.4 is 10.6 Å². The van der Waals surface area contributed by atoms with Crippen LogP contribution in [0.2, 0.25) is 0 Å². The van der Waals surface area contributed by atoms with Crippen LogP contribution in [0.5, 0.6) is 0 Å². The molecule has 1 aromatic carbocycles. The first-order valence-corrected chi connectivity index (χ1v) is 8.60. The largest absolute Gasteiger partial charge is 0.385 e. The minimum atomic E-state index is 0.0681. The van der Waals surface area contributed by atoms with Gasteiger partial charge in [0.1, 0.15) is 6.54 Å². The number of guanidine groups is 1. The summed E-state index contributed by atoms with van der Waals surface area (Å²) in [7, 11) is 1.69. The van der Waals surface area contributed by atoms with Gasteiger partial charge in [-0.15, -0.1) is 0 Å². The number of fused-ring (bicyclic) bond motifs is 1. The van der Waals surface area contributed by atoms with Crippen molar-refractivity contribution in [3.05, 3.63) is 35.4 Å². The lowest BCUT2D eigenvalue weighted by molar-refractivity contribution is -0.130. The lowest BCUT2D eigenvalue weighted by Gasteiger charge is -2.28. The van der Waals surface area contributed by atoms with Gasteiger partial charge in [0.25, 0.3) is 0 Å². The molecule has 132 valence electrons. The van der Waals surface area contributed by atoms with Crippen LogP contribution in [0.15, 0.2) is 29.3 Å². The van der Waals surface area contributed by atoms with Gasteiger partial charge in [0.2, 0.25) is 5.91 Å². The third-order valence-electron chi connectivity index (χ3n) is 4.02. The maximum atomic E-state index is 12.4. The molecule has 0 bridgehead atoms. The van der Waals surface area contributed by atoms with Gasteiger partial charge in [0.15, 0.2) is 5.96 Å². The molecule has 0 aromatic heterocycles. The van der Waals surface area contributed by atoms with Crippen LogP contribution in [0.4, 0.5) is 0 Å².